The molecule has 1 aliphatic heterocycles. The van der Waals surface area contributed by atoms with E-state index < -0.39 is 10.0 Å². The monoisotopic (exact) mass is 480 g/mol. The molecule has 0 N–H and O–H groups in total. The van der Waals surface area contributed by atoms with Crippen molar-refractivity contribution in [3.63, 3.8) is 0 Å². The molecule has 1 fully saturated rings. The van der Waals surface area contributed by atoms with Gasteiger partial charge in [0.2, 0.25) is 15.8 Å². The second kappa shape index (κ2) is 8.97. The first kappa shape index (κ1) is 21.6. The van der Waals surface area contributed by atoms with Gasteiger partial charge in [0, 0.05) is 42.5 Å². The minimum absolute atomic E-state index is 0.157. The quantitative estimate of drug-likeness (QED) is 0.416. The Labute approximate surface area is 197 Å². The molecule has 3 aromatic carbocycles. The number of nitrogens with zero attached hydrogens (tertiary/aromatic N) is 4. The molecule has 9 heteroatoms. The van der Waals surface area contributed by atoms with Crippen LogP contribution in [0.4, 0.5) is 5.69 Å². The largest absolute Gasteiger partial charge is 0.369 e. The normalized spacial score (nSPS) is 15.0. The average molecular weight is 481 g/mol. The molecule has 0 amide bonds. The van der Waals surface area contributed by atoms with Crippen molar-refractivity contribution in [2.45, 2.75) is 4.90 Å². The third-order valence-electron chi connectivity index (χ3n) is 5.61. The van der Waals surface area contributed by atoms with E-state index >= 15 is 0 Å². The number of halogens is 1. The van der Waals surface area contributed by atoms with E-state index in [9.17, 15) is 8.42 Å². The van der Waals surface area contributed by atoms with Gasteiger partial charge in [-0.25, -0.2) is 8.42 Å². The van der Waals surface area contributed by atoms with Gasteiger partial charge in [0.15, 0.2) is 0 Å². The molecule has 2 heterocycles. The molecule has 0 aliphatic carbocycles. The molecule has 0 atom stereocenters. The Hall–Kier alpha value is -3.20. The van der Waals surface area contributed by atoms with Gasteiger partial charge in [-0.15, -0.1) is 0 Å². The Morgan fingerprint density at radius 1 is 0.848 bits per heavy atom. The van der Waals surface area contributed by atoms with Gasteiger partial charge in [-0.05, 0) is 30.3 Å². The van der Waals surface area contributed by atoms with Gasteiger partial charge in [-0.3, -0.25) is 0 Å². The van der Waals surface area contributed by atoms with E-state index in [0.717, 1.165) is 11.3 Å². The number of benzene rings is 3. The maximum atomic E-state index is 13.6. The first-order valence-corrected chi connectivity index (χ1v) is 12.3. The Bertz CT molecular complexity index is 1370. The third kappa shape index (κ3) is 4.37. The maximum absolute atomic E-state index is 13.6. The Balaban J connectivity index is 1.40. The van der Waals surface area contributed by atoms with E-state index in [4.69, 9.17) is 16.1 Å². The van der Waals surface area contributed by atoms with Crippen LogP contribution in [0.15, 0.2) is 88.3 Å². The molecule has 5 rings (SSSR count). The Morgan fingerprint density at radius 3 is 2.33 bits per heavy atom. The minimum Gasteiger partial charge on any atom is -0.369 e. The summed E-state index contributed by atoms with van der Waals surface area (Å²) in [5.74, 6) is 0.582. The first-order chi connectivity index (χ1) is 16.0. The van der Waals surface area contributed by atoms with Crippen LogP contribution < -0.4 is 4.90 Å². The van der Waals surface area contributed by atoms with E-state index in [1.807, 2.05) is 54.6 Å². The summed E-state index contributed by atoms with van der Waals surface area (Å²) in [5, 5.41) is 4.70. The number of piperazine rings is 1. The minimum atomic E-state index is -3.76. The smallest absolute Gasteiger partial charge is 0.259 e. The van der Waals surface area contributed by atoms with Crippen molar-refractivity contribution >= 4 is 27.3 Å². The highest BCUT2D eigenvalue weighted by Gasteiger charge is 2.31. The third-order valence-corrected chi connectivity index (χ3v) is 7.80. The predicted molar refractivity (Wildman–Crippen MR) is 128 cm³/mol. The van der Waals surface area contributed by atoms with Crippen molar-refractivity contribution in [2.75, 3.05) is 31.1 Å². The van der Waals surface area contributed by atoms with Gasteiger partial charge in [0.25, 0.3) is 5.89 Å². The molecule has 4 aromatic rings. The molecule has 0 bridgehead atoms. The van der Waals surface area contributed by atoms with Gasteiger partial charge >= 0.3 is 0 Å². The molecule has 33 heavy (non-hydrogen) atoms. The molecule has 7 nitrogen and oxygen atoms in total. The Kier molecular flexibility index (Phi) is 5.88. The zero-order chi connectivity index (χ0) is 22.8. The fraction of sp³-hybridized carbons (Fsp3) is 0.167. The lowest BCUT2D eigenvalue weighted by Crippen LogP contribution is -2.48. The fourth-order valence-corrected chi connectivity index (χ4v) is 5.69. The summed E-state index contributed by atoms with van der Waals surface area (Å²) in [7, 11) is -3.76. The van der Waals surface area contributed by atoms with Crippen LogP contribution >= 0.6 is 11.6 Å². The summed E-state index contributed by atoms with van der Waals surface area (Å²) in [6.07, 6.45) is 0. The van der Waals surface area contributed by atoms with Crippen LogP contribution in [0.25, 0.3) is 22.8 Å². The summed E-state index contributed by atoms with van der Waals surface area (Å²) >= 11 is 6.11. The summed E-state index contributed by atoms with van der Waals surface area (Å²) in [6, 6.07) is 23.7. The number of rotatable bonds is 5. The molecule has 0 unspecified atom stereocenters. The molecule has 0 saturated carbocycles. The summed E-state index contributed by atoms with van der Waals surface area (Å²) in [4.78, 5) is 6.74. The van der Waals surface area contributed by atoms with Gasteiger partial charge in [0.1, 0.15) is 0 Å². The summed E-state index contributed by atoms with van der Waals surface area (Å²) < 4.78 is 34.1. The van der Waals surface area contributed by atoms with Crippen molar-refractivity contribution in [2.24, 2.45) is 0 Å². The maximum Gasteiger partial charge on any atom is 0.259 e. The zero-order valence-corrected chi connectivity index (χ0v) is 19.2. The second-order valence-corrected chi connectivity index (χ2v) is 10.00. The van der Waals surface area contributed by atoms with Crippen molar-refractivity contribution in [1.29, 1.82) is 0 Å². The lowest BCUT2D eigenvalue weighted by Gasteiger charge is -2.35. The van der Waals surface area contributed by atoms with E-state index in [0.29, 0.717) is 42.6 Å². The van der Waals surface area contributed by atoms with Gasteiger partial charge in [-0.2, -0.15) is 9.29 Å². The summed E-state index contributed by atoms with van der Waals surface area (Å²) in [5.41, 5.74) is 2.17. The first-order valence-electron chi connectivity index (χ1n) is 10.5. The van der Waals surface area contributed by atoms with Crippen LogP contribution in [0, 0.1) is 0 Å². The van der Waals surface area contributed by atoms with Crippen molar-refractivity contribution in [1.82, 2.24) is 14.4 Å². The fourth-order valence-electron chi connectivity index (χ4n) is 3.90. The highest BCUT2D eigenvalue weighted by Crippen LogP contribution is 2.31. The molecule has 0 spiro atoms. The van der Waals surface area contributed by atoms with Crippen molar-refractivity contribution < 1.29 is 12.9 Å². The average Bonchev–Trinajstić information content (AvgIpc) is 3.35. The molecule has 168 valence electrons. The lowest BCUT2D eigenvalue weighted by molar-refractivity contribution is 0.384. The van der Waals surface area contributed by atoms with Crippen LogP contribution in [-0.4, -0.2) is 49.0 Å². The highest BCUT2D eigenvalue weighted by molar-refractivity contribution is 7.89. The van der Waals surface area contributed by atoms with Gasteiger partial charge < -0.3 is 9.42 Å². The van der Waals surface area contributed by atoms with Crippen molar-refractivity contribution in [3.05, 3.63) is 83.9 Å². The van der Waals surface area contributed by atoms with Crippen molar-refractivity contribution in [3.8, 4) is 22.8 Å². The van der Waals surface area contributed by atoms with Gasteiger partial charge in [-0.1, -0.05) is 65.3 Å². The Morgan fingerprint density at radius 2 is 1.58 bits per heavy atom. The topological polar surface area (TPSA) is 79.5 Å². The van der Waals surface area contributed by atoms with Crippen LogP contribution in [0.1, 0.15) is 0 Å². The molecule has 1 aromatic heterocycles. The number of hydrogen-bond acceptors (Lipinski definition) is 6. The molecular weight excluding hydrogens is 460 g/mol. The van der Waals surface area contributed by atoms with Crippen LogP contribution in [0.5, 0.6) is 0 Å². The number of aromatic nitrogens is 2. The molecule has 1 saturated heterocycles. The second-order valence-electron chi connectivity index (χ2n) is 7.66. The number of hydrogen-bond donors (Lipinski definition) is 0. The van der Waals surface area contributed by atoms with Crippen LogP contribution in [-0.2, 0) is 10.0 Å². The van der Waals surface area contributed by atoms with Gasteiger partial charge in [0.05, 0.1) is 10.5 Å². The molecule has 1 aliphatic rings. The van der Waals surface area contributed by atoms with Crippen LogP contribution in [0.3, 0.4) is 0 Å². The highest BCUT2D eigenvalue weighted by atomic mass is 35.5. The SMILES string of the molecule is O=S(=O)(c1ccccc1-c1nc(-c2ccccc2)no1)N1CCN(c2cccc(Cl)c2)CC1. The van der Waals surface area contributed by atoms with E-state index in [2.05, 4.69) is 15.0 Å². The predicted octanol–water partition coefficient (Wildman–Crippen LogP) is 4.57. The zero-order valence-electron chi connectivity index (χ0n) is 17.6. The molecule has 0 radical (unpaired) electrons. The molecular formula is C24H21ClN4O3S. The van der Waals surface area contributed by atoms with Crippen LogP contribution in [0.2, 0.25) is 5.02 Å². The number of anilines is 1. The standard InChI is InChI=1S/C24H21ClN4O3S/c25-19-9-6-10-20(17-19)28-13-15-29(16-14-28)33(30,31)22-12-5-4-11-21(22)24-26-23(27-32-24)18-7-2-1-3-8-18/h1-12,17H,13-16H2. The lowest BCUT2D eigenvalue weighted by atomic mass is 10.2. The van der Waals surface area contributed by atoms with E-state index in [1.54, 1.807) is 24.3 Å². The number of sulfonamides is 1. The summed E-state index contributed by atoms with van der Waals surface area (Å²) in [6.45, 7) is 1.87. The van der Waals surface area contributed by atoms with E-state index in [1.165, 1.54) is 4.31 Å². The van der Waals surface area contributed by atoms with E-state index in [-0.39, 0.29) is 10.8 Å².